The van der Waals surface area contributed by atoms with Crippen molar-refractivity contribution < 1.29 is 4.74 Å². The number of anilines is 1. The SMILES string of the molecule is COCCn1nc(C)cc(-c2csc(NC(C)C)n2)c1=O. The van der Waals surface area contributed by atoms with Crippen molar-refractivity contribution >= 4 is 16.5 Å². The molecule has 0 fully saturated rings. The second-order valence-corrected chi connectivity index (χ2v) is 5.92. The van der Waals surface area contributed by atoms with E-state index in [9.17, 15) is 4.79 Å². The summed E-state index contributed by atoms with van der Waals surface area (Å²) in [6.07, 6.45) is 0. The Bertz CT molecular complexity index is 663. The van der Waals surface area contributed by atoms with Gasteiger partial charge in [0.2, 0.25) is 0 Å². The van der Waals surface area contributed by atoms with Crippen molar-refractivity contribution in [2.45, 2.75) is 33.4 Å². The normalized spacial score (nSPS) is 11.1. The summed E-state index contributed by atoms with van der Waals surface area (Å²) in [5, 5.41) is 10.2. The van der Waals surface area contributed by atoms with Crippen molar-refractivity contribution in [1.82, 2.24) is 14.8 Å². The molecule has 0 aromatic carbocycles. The molecule has 0 spiro atoms. The molecule has 0 radical (unpaired) electrons. The van der Waals surface area contributed by atoms with Crippen LogP contribution in [0, 0.1) is 6.92 Å². The molecule has 0 atom stereocenters. The van der Waals surface area contributed by atoms with Crippen LogP contribution in [0.3, 0.4) is 0 Å². The fourth-order valence-corrected chi connectivity index (χ4v) is 2.76. The van der Waals surface area contributed by atoms with Gasteiger partial charge in [-0.25, -0.2) is 9.67 Å². The molecular formula is C14H20N4O2S. The van der Waals surface area contributed by atoms with Crippen LogP contribution in [0.15, 0.2) is 16.2 Å². The lowest BCUT2D eigenvalue weighted by Crippen LogP contribution is -2.27. The van der Waals surface area contributed by atoms with Gasteiger partial charge >= 0.3 is 0 Å². The number of hydrogen-bond acceptors (Lipinski definition) is 6. The second-order valence-electron chi connectivity index (χ2n) is 5.06. The maximum Gasteiger partial charge on any atom is 0.276 e. The Morgan fingerprint density at radius 3 is 2.90 bits per heavy atom. The zero-order valence-corrected chi connectivity index (χ0v) is 13.5. The minimum atomic E-state index is -0.140. The van der Waals surface area contributed by atoms with E-state index in [0.717, 1.165) is 10.8 Å². The molecule has 0 saturated heterocycles. The third kappa shape index (κ3) is 3.89. The van der Waals surface area contributed by atoms with Gasteiger partial charge in [0, 0.05) is 18.5 Å². The van der Waals surface area contributed by atoms with Gasteiger partial charge in [0.05, 0.1) is 30.1 Å². The molecule has 6 nitrogen and oxygen atoms in total. The van der Waals surface area contributed by atoms with Crippen LogP contribution < -0.4 is 10.9 Å². The highest BCUT2D eigenvalue weighted by Gasteiger charge is 2.12. The molecule has 114 valence electrons. The van der Waals surface area contributed by atoms with Crippen LogP contribution in [0.1, 0.15) is 19.5 Å². The molecule has 21 heavy (non-hydrogen) atoms. The van der Waals surface area contributed by atoms with Crippen molar-refractivity contribution in [2.75, 3.05) is 19.0 Å². The van der Waals surface area contributed by atoms with Crippen molar-refractivity contribution in [2.24, 2.45) is 0 Å². The lowest BCUT2D eigenvalue weighted by molar-refractivity contribution is 0.181. The fourth-order valence-electron chi connectivity index (χ4n) is 1.90. The van der Waals surface area contributed by atoms with Gasteiger partial charge < -0.3 is 10.1 Å². The smallest absolute Gasteiger partial charge is 0.276 e. The maximum absolute atomic E-state index is 12.4. The predicted octanol–water partition coefficient (Wildman–Crippen LogP) is 2.14. The Hall–Kier alpha value is -1.73. The zero-order chi connectivity index (χ0) is 15.4. The first-order valence-corrected chi connectivity index (χ1v) is 7.69. The van der Waals surface area contributed by atoms with E-state index in [1.807, 2.05) is 12.3 Å². The molecule has 0 unspecified atom stereocenters. The number of ether oxygens (including phenoxy) is 1. The minimum Gasteiger partial charge on any atom is -0.383 e. The van der Waals surface area contributed by atoms with E-state index in [1.165, 1.54) is 16.0 Å². The van der Waals surface area contributed by atoms with E-state index in [4.69, 9.17) is 4.74 Å². The molecule has 0 aliphatic rings. The first-order chi connectivity index (χ1) is 10.0. The average Bonchev–Trinajstić information content (AvgIpc) is 2.86. The van der Waals surface area contributed by atoms with Gasteiger partial charge in [-0.2, -0.15) is 5.10 Å². The summed E-state index contributed by atoms with van der Waals surface area (Å²) in [6, 6.07) is 2.08. The van der Waals surface area contributed by atoms with Crippen LogP contribution in [-0.4, -0.2) is 34.5 Å². The molecule has 2 rings (SSSR count). The fraction of sp³-hybridized carbons (Fsp3) is 0.500. The highest BCUT2D eigenvalue weighted by atomic mass is 32.1. The number of thiazole rings is 1. The van der Waals surface area contributed by atoms with Crippen LogP contribution in [-0.2, 0) is 11.3 Å². The number of hydrogen-bond donors (Lipinski definition) is 1. The van der Waals surface area contributed by atoms with Crippen LogP contribution in [0.4, 0.5) is 5.13 Å². The molecule has 0 amide bonds. The molecule has 0 bridgehead atoms. The quantitative estimate of drug-likeness (QED) is 0.885. The summed E-state index contributed by atoms with van der Waals surface area (Å²) in [5.74, 6) is 0. The number of aryl methyl sites for hydroxylation is 1. The molecular weight excluding hydrogens is 288 g/mol. The molecule has 0 aliphatic heterocycles. The van der Waals surface area contributed by atoms with Gasteiger partial charge in [-0.3, -0.25) is 4.79 Å². The van der Waals surface area contributed by atoms with Gasteiger partial charge in [-0.15, -0.1) is 11.3 Å². The topological polar surface area (TPSA) is 69.0 Å². The largest absolute Gasteiger partial charge is 0.383 e. The molecule has 2 heterocycles. The zero-order valence-electron chi connectivity index (χ0n) is 12.7. The average molecular weight is 308 g/mol. The van der Waals surface area contributed by atoms with Crippen molar-refractivity contribution in [3.63, 3.8) is 0 Å². The highest BCUT2D eigenvalue weighted by molar-refractivity contribution is 7.14. The highest BCUT2D eigenvalue weighted by Crippen LogP contribution is 2.23. The van der Waals surface area contributed by atoms with E-state index in [0.29, 0.717) is 30.5 Å². The molecule has 1 N–H and O–H groups in total. The number of nitrogens with zero attached hydrogens (tertiary/aromatic N) is 3. The van der Waals surface area contributed by atoms with Crippen LogP contribution in [0.2, 0.25) is 0 Å². The van der Waals surface area contributed by atoms with Crippen LogP contribution >= 0.6 is 11.3 Å². The molecule has 0 saturated carbocycles. The van der Waals surface area contributed by atoms with E-state index >= 15 is 0 Å². The summed E-state index contributed by atoms with van der Waals surface area (Å²) in [7, 11) is 1.60. The third-order valence-electron chi connectivity index (χ3n) is 2.80. The van der Waals surface area contributed by atoms with Gasteiger partial charge in [0.1, 0.15) is 0 Å². The van der Waals surface area contributed by atoms with Gasteiger partial charge in [0.25, 0.3) is 5.56 Å². The first kappa shape index (κ1) is 15.7. The van der Waals surface area contributed by atoms with Crippen molar-refractivity contribution in [3.8, 4) is 11.3 Å². The van der Waals surface area contributed by atoms with Gasteiger partial charge in [0.15, 0.2) is 5.13 Å². The summed E-state index contributed by atoms with van der Waals surface area (Å²) in [5.41, 5.74) is 1.91. The monoisotopic (exact) mass is 308 g/mol. The Labute approximate surface area is 127 Å². The predicted molar refractivity (Wildman–Crippen MR) is 85.0 cm³/mol. The lowest BCUT2D eigenvalue weighted by Gasteiger charge is -2.07. The van der Waals surface area contributed by atoms with Gasteiger partial charge in [-0.05, 0) is 26.8 Å². The minimum absolute atomic E-state index is 0.140. The standard InChI is InChI=1S/C14H20N4O2S/c1-9(2)15-14-16-12(8-21-14)11-7-10(3)17-18(13(11)19)5-6-20-4/h7-9H,5-6H2,1-4H3,(H,15,16). The second kappa shape index (κ2) is 6.82. The van der Waals surface area contributed by atoms with Crippen molar-refractivity contribution in [1.29, 1.82) is 0 Å². The summed E-state index contributed by atoms with van der Waals surface area (Å²) in [6.45, 7) is 6.86. The Balaban J connectivity index is 2.36. The Morgan fingerprint density at radius 2 is 2.24 bits per heavy atom. The number of nitrogens with one attached hydrogen (secondary N) is 1. The first-order valence-electron chi connectivity index (χ1n) is 6.81. The molecule has 2 aromatic rings. The van der Waals surface area contributed by atoms with E-state index < -0.39 is 0 Å². The number of aromatic nitrogens is 3. The Kier molecular flexibility index (Phi) is 5.08. The van der Waals surface area contributed by atoms with E-state index in [2.05, 4.69) is 29.2 Å². The summed E-state index contributed by atoms with van der Waals surface area (Å²) in [4.78, 5) is 16.9. The molecule has 7 heteroatoms. The van der Waals surface area contributed by atoms with Crippen LogP contribution in [0.25, 0.3) is 11.3 Å². The summed E-state index contributed by atoms with van der Waals surface area (Å²) >= 11 is 1.50. The third-order valence-corrected chi connectivity index (χ3v) is 3.57. The summed E-state index contributed by atoms with van der Waals surface area (Å²) < 4.78 is 6.44. The van der Waals surface area contributed by atoms with Crippen molar-refractivity contribution in [3.05, 3.63) is 27.5 Å². The maximum atomic E-state index is 12.4. The van der Waals surface area contributed by atoms with Crippen LogP contribution in [0.5, 0.6) is 0 Å². The van der Waals surface area contributed by atoms with E-state index in [1.54, 1.807) is 13.2 Å². The molecule has 2 aromatic heterocycles. The number of methoxy groups -OCH3 is 1. The van der Waals surface area contributed by atoms with Gasteiger partial charge in [-0.1, -0.05) is 0 Å². The van der Waals surface area contributed by atoms with E-state index in [-0.39, 0.29) is 5.56 Å². The number of rotatable bonds is 6. The molecule has 0 aliphatic carbocycles. The lowest BCUT2D eigenvalue weighted by atomic mass is 10.2. The Morgan fingerprint density at radius 1 is 1.48 bits per heavy atom.